The summed E-state index contributed by atoms with van der Waals surface area (Å²) in [5, 5.41) is 3.81. The lowest BCUT2D eigenvalue weighted by Crippen LogP contribution is -2.37. The molecular formula is C17H22F3N3O. The summed E-state index contributed by atoms with van der Waals surface area (Å²) in [5.41, 5.74) is 2.21. The van der Waals surface area contributed by atoms with Crippen LogP contribution in [0.2, 0.25) is 0 Å². The molecule has 2 rings (SSSR count). The molecule has 0 bridgehead atoms. The van der Waals surface area contributed by atoms with Crippen LogP contribution in [-0.4, -0.2) is 36.7 Å². The smallest absolute Gasteiger partial charge is 0.294 e. The van der Waals surface area contributed by atoms with E-state index in [4.69, 9.17) is 0 Å². The Kier molecular flexibility index (Phi) is 6.78. The van der Waals surface area contributed by atoms with E-state index in [0.29, 0.717) is 12.1 Å². The molecule has 4 nitrogen and oxygen atoms in total. The largest absolute Gasteiger partial charge is 0.416 e. The fourth-order valence-electron chi connectivity index (χ4n) is 2.65. The van der Waals surface area contributed by atoms with Crippen molar-refractivity contribution in [1.82, 2.24) is 10.3 Å². The van der Waals surface area contributed by atoms with Crippen molar-refractivity contribution in [2.45, 2.75) is 38.3 Å². The molecule has 0 aromatic heterocycles. The maximum Gasteiger partial charge on any atom is 0.416 e. The van der Waals surface area contributed by atoms with Gasteiger partial charge >= 0.3 is 6.18 Å². The third-order valence-electron chi connectivity index (χ3n) is 3.96. The number of benzene rings is 1. The lowest BCUT2D eigenvalue weighted by atomic mass is 10.1. The van der Waals surface area contributed by atoms with Crippen LogP contribution in [0.15, 0.2) is 29.4 Å². The molecular weight excluding hydrogens is 319 g/mol. The van der Waals surface area contributed by atoms with Crippen molar-refractivity contribution in [1.29, 1.82) is 0 Å². The lowest BCUT2D eigenvalue weighted by molar-refractivity contribution is -0.137. The molecule has 1 aliphatic heterocycles. The topological polar surface area (TPSA) is 44.7 Å². The Balaban J connectivity index is 1.79. The highest BCUT2D eigenvalue weighted by molar-refractivity contribution is 5.83. The second-order valence-corrected chi connectivity index (χ2v) is 5.96. The van der Waals surface area contributed by atoms with E-state index in [9.17, 15) is 18.0 Å². The zero-order valence-corrected chi connectivity index (χ0v) is 13.5. The number of nitrogens with one attached hydrogen (secondary N) is 1. The third-order valence-corrected chi connectivity index (χ3v) is 3.96. The first-order valence-electron chi connectivity index (χ1n) is 8.17. The Morgan fingerprint density at radius 1 is 1.08 bits per heavy atom. The fourth-order valence-corrected chi connectivity index (χ4v) is 2.65. The van der Waals surface area contributed by atoms with Crippen molar-refractivity contribution in [3.63, 3.8) is 0 Å². The average molecular weight is 341 g/mol. The molecule has 0 aliphatic carbocycles. The van der Waals surface area contributed by atoms with E-state index in [0.717, 1.165) is 38.1 Å². The van der Waals surface area contributed by atoms with Gasteiger partial charge in [0.2, 0.25) is 0 Å². The summed E-state index contributed by atoms with van der Waals surface area (Å²) in [6, 6.07) is 4.61. The summed E-state index contributed by atoms with van der Waals surface area (Å²) in [7, 11) is 0. The molecule has 1 aliphatic rings. The number of halogens is 3. The molecule has 1 N–H and O–H groups in total. The van der Waals surface area contributed by atoms with Gasteiger partial charge in [0.05, 0.1) is 18.3 Å². The van der Waals surface area contributed by atoms with E-state index in [2.05, 4.69) is 15.4 Å². The van der Waals surface area contributed by atoms with Gasteiger partial charge in [0, 0.05) is 0 Å². The van der Waals surface area contributed by atoms with Gasteiger partial charge in [-0.1, -0.05) is 31.4 Å². The van der Waals surface area contributed by atoms with Gasteiger partial charge in [-0.2, -0.15) is 18.3 Å². The molecule has 1 aromatic carbocycles. The van der Waals surface area contributed by atoms with Gasteiger partial charge in [0.25, 0.3) is 5.91 Å². The van der Waals surface area contributed by atoms with E-state index >= 15 is 0 Å². The van der Waals surface area contributed by atoms with E-state index in [1.165, 1.54) is 37.6 Å². The van der Waals surface area contributed by atoms with Crippen LogP contribution in [-0.2, 0) is 11.0 Å². The first-order chi connectivity index (χ1) is 11.4. The molecule has 7 heteroatoms. The zero-order chi connectivity index (χ0) is 17.4. The molecule has 1 amide bonds. The minimum Gasteiger partial charge on any atom is -0.294 e. The first kappa shape index (κ1) is 18.4. The van der Waals surface area contributed by atoms with E-state index in [1.807, 2.05) is 0 Å². The number of alkyl halides is 3. The van der Waals surface area contributed by atoms with Crippen molar-refractivity contribution in [3.05, 3.63) is 35.4 Å². The Hall–Kier alpha value is -1.89. The Labute approximate surface area is 139 Å². The monoisotopic (exact) mass is 341 g/mol. The maximum absolute atomic E-state index is 12.5. The van der Waals surface area contributed by atoms with Crippen LogP contribution < -0.4 is 5.43 Å². The summed E-state index contributed by atoms with van der Waals surface area (Å²) in [5.74, 6) is -0.210. The van der Waals surface area contributed by atoms with Gasteiger partial charge in [-0.25, -0.2) is 5.43 Å². The number of carbonyl (C=O) groups excluding carboxylic acids is 1. The van der Waals surface area contributed by atoms with Crippen LogP contribution >= 0.6 is 0 Å². The molecule has 1 fully saturated rings. The molecule has 1 heterocycles. The van der Waals surface area contributed by atoms with Crippen molar-refractivity contribution in [2.24, 2.45) is 5.10 Å². The Morgan fingerprint density at radius 3 is 2.25 bits per heavy atom. The number of amides is 1. The van der Waals surface area contributed by atoms with E-state index < -0.39 is 11.7 Å². The van der Waals surface area contributed by atoms with Crippen LogP contribution in [0.3, 0.4) is 0 Å². The molecule has 24 heavy (non-hydrogen) atoms. The highest BCUT2D eigenvalue weighted by Crippen LogP contribution is 2.28. The molecule has 132 valence electrons. The standard InChI is InChI=1S/C17H22F3N3O/c18-17(19,20)15-8-6-14(7-9-15)12-21-22-16(24)13-23-10-4-2-1-3-5-11-23/h6-9,12H,1-5,10-11,13H2,(H,22,24)/b21-12-. The highest BCUT2D eigenvalue weighted by Gasteiger charge is 2.29. The summed E-state index contributed by atoms with van der Waals surface area (Å²) < 4.78 is 37.4. The molecule has 0 unspecified atom stereocenters. The maximum atomic E-state index is 12.5. The Bertz CT molecular complexity index is 547. The minimum absolute atomic E-state index is 0.210. The van der Waals surface area contributed by atoms with Crippen molar-refractivity contribution < 1.29 is 18.0 Å². The quantitative estimate of drug-likeness (QED) is 0.674. The molecule has 1 saturated heterocycles. The molecule has 0 saturated carbocycles. The van der Waals surface area contributed by atoms with Crippen LogP contribution in [0.5, 0.6) is 0 Å². The Morgan fingerprint density at radius 2 is 1.67 bits per heavy atom. The number of nitrogens with zero attached hydrogens (tertiary/aromatic N) is 2. The van der Waals surface area contributed by atoms with Crippen molar-refractivity contribution >= 4 is 12.1 Å². The molecule has 0 spiro atoms. The lowest BCUT2D eigenvalue weighted by Gasteiger charge is -2.23. The number of likely N-dealkylation sites (tertiary alicyclic amines) is 1. The highest BCUT2D eigenvalue weighted by atomic mass is 19.4. The number of hydrogen-bond acceptors (Lipinski definition) is 3. The SMILES string of the molecule is O=C(CN1CCCCCCC1)N/N=C\c1ccc(C(F)(F)F)cc1. The van der Waals surface area contributed by atoms with Crippen molar-refractivity contribution in [3.8, 4) is 0 Å². The number of hydrazone groups is 1. The van der Waals surface area contributed by atoms with Gasteiger partial charge in [-0.05, 0) is 43.6 Å². The molecule has 0 radical (unpaired) electrons. The average Bonchev–Trinajstić information content (AvgIpc) is 2.49. The van der Waals surface area contributed by atoms with Crippen molar-refractivity contribution in [2.75, 3.05) is 19.6 Å². The second-order valence-electron chi connectivity index (χ2n) is 5.96. The van der Waals surface area contributed by atoms with Crippen LogP contribution in [0, 0.1) is 0 Å². The number of rotatable bonds is 4. The van der Waals surface area contributed by atoms with Crippen LogP contribution in [0.4, 0.5) is 13.2 Å². The first-order valence-corrected chi connectivity index (χ1v) is 8.17. The van der Waals surface area contributed by atoms with Gasteiger partial charge < -0.3 is 0 Å². The summed E-state index contributed by atoms with van der Waals surface area (Å²) in [6.45, 7) is 2.12. The predicted molar refractivity (Wildman–Crippen MR) is 86.7 cm³/mol. The number of carbonyl (C=O) groups is 1. The minimum atomic E-state index is -4.35. The van der Waals surface area contributed by atoms with Gasteiger partial charge in [0.1, 0.15) is 0 Å². The molecule has 0 atom stereocenters. The normalized spacial score (nSPS) is 17.5. The van der Waals surface area contributed by atoms with Crippen LogP contribution in [0.1, 0.15) is 43.2 Å². The third kappa shape index (κ3) is 6.31. The zero-order valence-electron chi connectivity index (χ0n) is 13.5. The van der Waals surface area contributed by atoms with Crippen LogP contribution in [0.25, 0.3) is 0 Å². The number of hydrogen-bond donors (Lipinski definition) is 1. The predicted octanol–water partition coefficient (Wildman–Crippen LogP) is 3.42. The fraction of sp³-hybridized carbons (Fsp3) is 0.529. The van der Waals surface area contributed by atoms with Gasteiger partial charge in [0.15, 0.2) is 0 Å². The summed E-state index contributed by atoms with van der Waals surface area (Å²) in [6.07, 6.45) is 2.84. The van der Waals surface area contributed by atoms with Gasteiger partial charge in [-0.3, -0.25) is 9.69 Å². The van der Waals surface area contributed by atoms with E-state index in [1.54, 1.807) is 0 Å². The second kappa shape index (κ2) is 8.82. The summed E-state index contributed by atoms with van der Waals surface area (Å²) in [4.78, 5) is 14.0. The molecule has 1 aromatic rings. The van der Waals surface area contributed by atoms with Gasteiger partial charge in [-0.15, -0.1) is 0 Å². The summed E-state index contributed by atoms with van der Waals surface area (Å²) >= 11 is 0. The van der Waals surface area contributed by atoms with E-state index in [-0.39, 0.29) is 5.91 Å².